The van der Waals surface area contributed by atoms with Gasteiger partial charge in [0.05, 0.1) is 16.5 Å². The lowest BCUT2D eigenvalue weighted by atomic mass is 10.0. The molecular formula is C22H28N6O4S. The average Bonchev–Trinajstić information content (AvgIpc) is 3.23. The Balaban J connectivity index is 1.65. The number of amides is 1. The first kappa shape index (κ1) is 23.0. The van der Waals surface area contributed by atoms with Gasteiger partial charge in [0, 0.05) is 31.1 Å². The molecule has 2 aromatic heterocycles. The molecule has 1 saturated heterocycles. The number of rotatable bonds is 4. The number of carbonyl (C=O) groups is 1. The van der Waals surface area contributed by atoms with Crippen LogP contribution in [0.15, 0.2) is 41.7 Å². The minimum absolute atomic E-state index is 0.0285. The second kappa shape index (κ2) is 8.62. The van der Waals surface area contributed by atoms with Crippen molar-refractivity contribution in [1.29, 1.82) is 0 Å². The summed E-state index contributed by atoms with van der Waals surface area (Å²) in [5, 5.41) is 7.72. The number of aromatic nitrogens is 4. The molecule has 0 saturated carbocycles. The van der Waals surface area contributed by atoms with E-state index in [1.54, 1.807) is 35.4 Å². The fourth-order valence-corrected chi connectivity index (χ4v) is 4.57. The van der Waals surface area contributed by atoms with Crippen LogP contribution in [0, 0.1) is 0 Å². The Morgan fingerprint density at radius 1 is 1.15 bits per heavy atom. The van der Waals surface area contributed by atoms with Crippen LogP contribution in [0.5, 0.6) is 0 Å². The smallest absolute Gasteiger partial charge is 0.410 e. The van der Waals surface area contributed by atoms with Gasteiger partial charge in [0.2, 0.25) is 0 Å². The Bertz CT molecular complexity index is 1240. The Morgan fingerprint density at radius 2 is 1.82 bits per heavy atom. The molecule has 0 atom stereocenters. The standard InChI is InChI=1S/C22H28N6O4S/c1-22(2,3)32-21(29)27-11-9-16(10-12-27)28(15-5-7-17(8-6-15)33(4,30)31)20-18-13-25-26-19(18)23-14-24-20/h5-8,13-14,16H,9-12H2,1-4H3,(H,23,24,25,26). The number of anilines is 2. The van der Waals surface area contributed by atoms with Crippen LogP contribution in [0.25, 0.3) is 11.0 Å². The van der Waals surface area contributed by atoms with Gasteiger partial charge < -0.3 is 14.5 Å². The van der Waals surface area contributed by atoms with Crippen molar-refractivity contribution in [2.75, 3.05) is 24.2 Å². The summed E-state index contributed by atoms with van der Waals surface area (Å²) in [4.78, 5) is 25.3. The molecule has 3 aromatic rings. The zero-order chi connectivity index (χ0) is 23.8. The zero-order valence-electron chi connectivity index (χ0n) is 19.1. The summed E-state index contributed by atoms with van der Waals surface area (Å²) in [5.74, 6) is 0.677. The Hall–Kier alpha value is -3.21. The number of piperidine rings is 1. The molecule has 0 spiro atoms. The minimum Gasteiger partial charge on any atom is -0.444 e. The first-order chi connectivity index (χ1) is 15.5. The number of fused-ring (bicyclic) bond motifs is 1. The van der Waals surface area contributed by atoms with Crippen LogP contribution >= 0.6 is 0 Å². The van der Waals surface area contributed by atoms with Crippen molar-refractivity contribution in [3.05, 3.63) is 36.8 Å². The molecular weight excluding hydrogens is 444 g/mol. The van der Waals surface area contributed by atoms with Crippen LogP contribution in [-0.4, -0.2) is 70.6 Å². The molecule has 0 unspecified atom stereocenters. The lowest BCUT2D eigenvalue weighted by molar-refractivity contribution is 0.0206. The fourth-order valence-electron chi connectivity index (χ4n) is 3.94. The van der Waals surface area contributed by atoms with Crippen LogP contribution < -0.4 is 4.90 Å². The van der Waals surface area contributed by atoms with Gasteiger partial charge in [0.25, 0.3) is 0 Å². The first-order valence-corrected chi connectivity index (χ1v) is 12.6. The SMILES string of the molecule is CC(C)(C)OC(=O)N1CCC(N(c2ccc(S(C)(=O)=O)cc2)c2ncnc3[nH]ncc23)CC1. The highest BCUT2D eigenvalue weighted by atomic mass is 32.2. The highest BCUT2D eigenvalue weighted by Gasteiger charge is 2.32. The van der Waals surface area contributed by atoms with E-state index >= 15 is 0 Å². The number of hydrogen-bond acceptors (Lipinski definition) is 8. The third kappa shape index (κ3) is 5.08. The number of carbonyl (C=O) groups excluding carboxylic acids is 1. The second-order valence-electron chi connectivity index (χ2n) is 9.16. The maximum atomic E-state index is 12.5. The van der Waals surface area contributed by atoms with E-state index in [2.05, 4.69) is 25.1 Å². The van der Waals surface area contributed by atoms with Gasteiger partial charge in [-0.15, -0.1) is 0 Å². The van der Waals surface area contributed by atoms with Gasteiger partial charge in [0.15, 0.2) is 15.5 Å². The molecule has 1 amide bonds. The highest BCUT2D eigenvalue weighted by Crippen LogP contribution is 2.35. The second-order valence-corrected chi connectivity index (χ2v) is 11.2. The van der Waals surface area contributed by atoms with Crippen LogP contribution in [0.2, 0.25) is 0 Å². The maximum Gasteiger partial charge on any atom is 0.410 e. The van der Waals surface area contributed by atoms with E-state index in [0.717, 1.165) is 11.1 Å². The summed E-state index contributed by atoms with van der Waals surface area (Å²) in [7, 11) is -3.31. The summed E-state index contributed by atoms with van der Waals surface area (Å²) in [6.07, 6.45) is 5.41. The van der Waals surface area contributed by atoms with Crippen LogP contribution in [0.3, 0.4) is 0 Å². The number of hydrogen-bond donors (Lipinski definition) is 1. The molecule has 176 valence electrons. The molecule has 33 heavy (non-hydrogen) atoms. The molecule has 1 aliphatic rings. The molecule has 1 aromatic carbocycles. The van der Waals surface area contributed by atoms with Gasteiger partial charge in [-0.25, -0.2) is 23.2 Å². The summed E-state index contributed by atoms with van der Waals surface area (Å²) in [6, 6.07) is 6.79. The molecule has 0 aliphatic carbocycles. The van der Waals surface area contributed by atoms with Crippen LogP contribution in [0.1, 0.15) is 33.6 Å². The molecule has 1 fully saturated rings. The quantitative estimate of drug-likeness (QED) is 0.614. The predicted molar refractivity (Wildman–Crippen MR) is 124 cm³/mol. The van der Waals surface area contributed by atoms with Gasteiger partial charge in [0.1, 0.15) is 17.7 Å². The molecule has 11 heteroatoms. The number of benzene rings is 1. The number of H-pyrrole nitrogens is 1. The third-order valence-corrected chi connectivity index (χ3v) is 6.61. The average molecular weight is 473 g/mol. The highest BCUT2D eigenvalue weighted by molar-refractivity contribution is 7.90. The molecule has 1 N–H and O–H groups in total. The normalized spacial score (nSPS) is 15.6. The van der Waals surface area contributed by atoms with Gasteiger partial charge >= 0.3 is 6.09 Å². The van der Waals surface area contributed by atoms with E-state index in [1.807, 2.05) is 20.8 Å². The Labute approximate surface area is 192 Å². The molecule has 0 bridgehead atoms. The maximum absolute atomic E-state index is 12.5. The van der Waals surface area contributed by atoms with E-state index in [4.69, 9.17) is 4.74 Å². The molecule has 1 aliphatic heterocycles. The van der Waals surface area contributed by atoms with E-state index in [0.29, 0.717) is 37.4 Å². The largest absolute Gasteiger partial charge is 0.444 e. The van der Waals surface area contributed by atoms with Crippen LogP contribution in [-0.2, 0) is 14.6 Å². The van der Waals surface area contributed by atoms with Crippen LogP contribution in [0.4, 0.5) is 16.3 Å². The summed E-state index contributed by atoms with van der Waals surface area (Å²) in [6.45, 7) is 6.63. The summed E-state index contributed by atoms with van der Waals surface area (Å²) >= 11 is 0. The van der Waals surface area contributed by atoms with E-state index in [1.165, 1.54) is 12.6 Å². The number of nitrogens with one attached hydrogen (secondary N) is 1. The van der Waals surface area contributed by atoms with Crippen molar-refractivity contribution in [3.8, 4) is 0 Å². The number of likely N-dealkylation sites (tertiary alicyclic amines) is 1. The molecule has 4 rings (SSSR count). The minimum atomic E-state index is -3.31. The number of aromatic amines is 1. The predicted octanol–water partition coefficient (Wildman–Crippen LogP) is 3.29. The van der Waals surface area contributed by atoms with E-state index in [-0.39, 0.29) is 17.0 Å². The van der Waals surface area contributed by atoms with Gasteiger partial charge in [-0.05, 0) is 57.9 Å². The van der Waals surface area contributed by atoms with Crippen molar-refractivity contribution >= 4 is 38.5 Å². The lowest BCUT2D eigenvalue weighted by Crippen LogP contribution is -2.47. The molecule has 10 nitrogen and oxygen atoms in total. The Morgan fingerprint density at radius 3 is 2.42 bits per heavy atom. The van der Waals surface area contributed by atoms with Gasteiger partial charge in [-0.1, -0.05) is 0 Å². The van der Waals surface area contributed by atoms with Crippen molar-refractivity contribution in [1.82, 2.24) is 25.1 Å². The zero-order valence-corrected chi connectivity index (χ0v) is 20.0. The number of ether oxygens (including phenoxy) is 1. The van der Waals surface area contributed by atoms with Gasteiger partial charge in [-0.3, -0.25) is 5.10 Å². The molecule has 3 heterocycles. The first-order valence-electron chi connectivity index (χ1n) is 10.7. The summed E-state index contributed by atoms with van der Waals surface area (Å²) < 4.78 is 29.4. The lowest BCUT2D eigenvalue weighted by Gasteiger charge is -2.39. The van der Waals surface area contributed by atoms with Gasteiger partial charge in [-0.2, -0.15) is 5.10 Å². The van der Waals surface area contributed by atoms with Crippen molar-refractivity contribution in [2.24, 2.45) is 0 Å². The van der Waals surface area contributed by atoms with E-state index < -0.39 is 15.4 Å². The fraction of sp³-hybridized carbons (Fsp3) is 0.455. The summed E-state index contributed by atoms with van der Waals surface area (Å²) in [5.41, 5.74) is 0.873. The monoisotopic (exact) mass is 472 g/mol. The third-order valence-electron chi connectivity index (χ3n) is 5.48. The van der Waals surface area contributed by atoms with Crippen molar-refractivity contribution < 1.29 is 17.9 Å². The van der Waals surface area contributed by atoms with E-state index in [9.17, 15) is 13.2 Å². The number of nitrogens with zero attached hydrogens (tertiary/aromatic N) is 5. The van der Waals surface area contributed by atoms with Crippen molar-refractivity contribution in [3.63, 3.8) is 0 Å². The molecule has 0 radical (unpaired) electrons. The Kier molecular flexibility index (Phi) is 6.00. The van der Waals surface area contributed by atoms with Crippen molar-refractivity contribution in [2.45, 2.75) is 50.2 Å². The number of sulfone groups is 1. The topological polar surface area (TPSA) is 121 Å².